The van der Waals surface area contributed by atoms with E-state index in [1.807, 2.05) is 0 Å². The predicted molar refractivity (Wildman–Crippen MR) is 70.0 cm³/mol. The molecule has 1 saturated heterocycles. The van der Waals surface area contributed by atoms with Crippen molar-refractivity contribution in [1.29, 1.82) is 0 Å². The van der Waals surface area contributed by atoms with Gasteiger partial charge in [-0.25, -0.2) is 4.79 Å². The molecule has 2 rings (SSSR count). The summed E-state index contributed by atoms with van der Waals surface area (Å²) in [5, 5.41) is 11.6. The van der Waals surface area contributed by atoms with E-state index in [9.17, 15) is 9.59 Å². The van der Waals surface area contributed by atoms with E-state index in [0.717, 1.165) is 12.8 Å². The average molecular weight is 264 g/mol. The highest BCUT2D eigenvalue weighted by molar-refractivity contribution is 6.01. The Kier molecular flexibility index (Phi) is 4.01. The molecule has 0 bridgehead atoms. The van der Waals surface area contributed by atoms with Crippen molar-refractivity contribution in [3.63, 3.8) is 0 Å². The lowest BCUT2D eigenvalue weighted by Crippen LogP contribution is -2.20. The maximum Gasteiger partial charge on any atom is 0.337 e. The van der Waals surface area contributed by atoms with Crippen LogP contribution in [0.5, 0.6) is 0 Å². The summed E-state index contributed by atoms with van der Waals surface area (Å²) in [6.45, 7) is 0.677. The number of nitrogens with one attached hydrogen (secondary N) is 1. The molecule has 0 aromatic heterocycles. The number of nitrogens with two attached hydrogens (primary N) is 1. The summed E-state index contributed by atoms with van der Waals surface area (Å²) >= 11 is 0. The third-order valence-corrected chi connectivity index (χ3v) is 2.99. The fourth-order valence-corrected chi connectivity index (χ4v) is 2.07. The Morgan fingerprint density at radius 1 is 1.47 bits per heavy atom. The average Bonchev–Trinajstić information content (AvgIpc) is 2.81. The Morgan fingerprint density at radius 2 is 2.26 bits per heavy atom. The van der Waals surface area contributed by atoms with Crippen LogP contribution in [0, 0.1) is 0 Å². The van der Waals surface area contributed by atoms with Gasteiger partial charge in [-0.05, 0) is 31.0 Å². The maximum atomic E-state index is 11.8. The maximum absolute atomic E-state index is 11.8. The summed E-state index contributed by atoms with van der Waals surface area (Å²) < 4.78 is 5.36. The molecule has 1 aliphatic rings. The molecule has 1 heterocycles. The van der Waals surface area contributed by atoms with E-state index in [-0.39, 0.29) is 29.7 Å². The lowest BCUT2D eigenvalue weighted by Gasteiger charge is -2.12. The van der Waals surface area contributed by atoms with Gasteiger partial charge in [-0.15, -0.1) is 0 Å². The Morgan fingerprint density at radius 3 is 2.89 bits per heavy atom. The molecule has 0 aliphatic carbocycles. The van der Waals surface area contributed by atoms with Crippen LogP contribution in [0.15, 0.2) is 18.2 Å². The molecule has 1 amide bonds. The van der Waals surface area contributed by atoms with Gasteiger partial charge in [0.1, 0.15) is 0 Å². The first-order valence-electron chi connectivity index (χ1n) is 6.10. The first-order chi connectivity index (χ1) is 9.06. The first-order valence-corrected chi connectivity index (χ1v) is 6.10. The van der Waals surface area contributed by atoms with Crippen LogP contribution < -0.4 is 11.1 Å². The smallest absolute Gasteiger partial charge is 0.337 e. The highest BCUT2D eigenvalue weighted by atomic mass is 16.5. The number of hydrogen-bond acceptors (Lipinski definition) is 4. The molecule has 0 radical (unpaired) electrons. The van der Waals surface area contributed by atoms with E-state index in [2.05, 4.69) is 5.32 Å². The number of carboxylic acid groups (broad SMARTS) is 1. The molecule has 0 spiro atoms. The minimum atomic E-state index is -1.10. The van der Waals surface area contributed by atoms with E-state index >= 15 is 0 Å². The predicted octanol–water partition coefficient (Wildman–Crippen LogP) is 1.47. The van der Waals surface area contributed by atoms with Crippen molar-refractivity contribution >= 4 is 23.3 Å². The molecular weight excluding hydrogens is 248 g/mol. The monoisotopic (exact) mass is 264 g/mol. The number of rotatable bonds is 4. The van der Waals surface area contributed by atoms with Crippen LogP contribution in [-0.2, 0) is 9.53 Å². The summed E-state index contributed by atoms with van der Waals surface area (Å²) in [5.41, 5.74) is 6.24. The number of hydrogen-bond donors (Lipinski definition) is 3. The van der Waals surface area contributed by atoms with Crippen LogP contribution in [0.2, 0.25) is 0 Å². The van der Waals surface area contributed by atoms with E-state index in [0.29, 0.717) is 12.3 Å². The quantitative estimate of drug-likeness (QED) is 0.715. The van der Waals surface area contributed by atoms with Gasteiger partial charge >= 0.3 is 5.97 Å². The topological polar surface area (TPSA) is 102 Å². The van der Waals surface area contributed by atoms with Crippen LogP contribution in [0.3, 0.4) is 0 Å². The van der Waals surface area contributed by atoms with Crippen LogP contribution in [-0.4, -0.2) is 29.7 Å². The van der Waals surface area contributed by atoms with Gasteiger partial charge in [0.05, 0.1) is 23.8 Å². The zero-order valence-corrected chi connectivity index (χ0v) is 10.4. The van der Waals surface area contributed by atoms with Crippen LogP contribution >= 0.6 is 0 Å². The lowest BCUT2D eigenvalue weighted by atomic mass is 10.1. The number of aromatic carboxylic acids is 1. The van der Waals surface area contributed by atoms with Gasteiger partial charge in [0.2, 0.25) is 5.91 Å². The van der Waals surface area contributed by atoms with E-state index in [1.54, 1.807) is 0 Å². The normalized spacial score (nSPS) is 18.2. The van der Waals surface area contributed by atoms with Crippen molar-refractivity contribution in [3.05, 3.63) is 23.8 Å². The first kappa shape index (κ1) is 13.4. The third kappa shape index (κ3) is 3.45. The molecule has 1 fully saturated rings. The van der Waals surface area contributed by atoms with Crippen LogP contribution in [0.25, 0.3) is 0 Å². The standard InChI is InChI=1S/C13H16N2O4/c14-8-3-4-10(13(17)18)11(6-8)15-12(16)7-9-2-1-5-19-9/h3-4,6,9H,1-2,5,7,14H2,(H,15,16)(H,17,18). The summed E-state index contributed by atoms with van der Waals surface area (Å²) in [5.74, 6) is -1.37. The molecule has 1 aromatic carbocycles. The van der Waals surface area contributed by atoms with Gasteiger partial charge in [-0.1, -0.05) is 0 Å². The number of benzene rings is 1. The second kappa shape index (κ2) is 5.71. The second-order valence-corrected chi connectivity index (χ2v) is 4.50. The minimum absolute atomic E-state index is 0.0230. The van der Waals surface area contributed by atoms with Crippen molar-refractivity contribution in [2.75, 3.05) is 17.7 Å². The lowest BCUT2D eigenvalue weighted by molar-refractivity contribution is -0.118. The van der Waals surface area contributed by atoms with Crippen molar-refractivity contribution in [1.82, 2.24) is 0 Å². The number of anilines is 2. The third-order valence-electron chi connectivity index (χ3n) is 2.99. The molecule has 6 nitrogen and oxygen atoms in total. The number of carboxylic acids is 1. The van der Waals surface area contributed by atoms with E-state index in [4.69, 9.17) is 15.6 Å². The highest BCUT2D eigenvalue weighted by Crippen LogP contribution is 2.21. The van der Waals surface area contributed by atoms with E-state index < -0.39 is 5.97 Å². The second-order valence-electron chi connectivity index (χ2n) is 4.50. The number of ether oxygens (including phenoxy) is 1. The van der Waals surface area contributed by atoms with Crippen molar-refractivity contribution < 1.29 is 19.4 Å². The fourth-order valence-electron chi connectivity index (χ4n) is 2.07. The number of amides is 1. The number of carbonyl (C=O) groups is 2. The summed E-state index contributed by atoms with van der Waals surface area (Å²) in [7, 11) is 0. The van der Waals surface area contributed by atoms with Crippen LogP contribution in [0.1, 0.15) is 29.6 Å². The van der Waals surface area contributed by atoms with Gasteiger partial charge in [0, 0.05) is 12.3 Å². The summed E-state index contributed by atoms with van der Waals surface area (Å²) in [6, 6.07) is 4.30. The molecule has 1 atom stereocenters. The Bertz CT molecular complexity index is 495. The Labute approximate surface area is 110 Å². The van der Waals surface area contributed by atoms with E-state index in [1.165, 1.54) is 18.2 Å². The molecule has 0 saturated carbocycles. The zero-order chi connectivity index (χ0) is 13.8. The Balaban J connectivity index is 2.06. The SMILES string of the molecule is Nc1ccc(C(=O)O)c(NC(=O)CC2CCCO2)c1. The van der Waals surface area contributed by atoms with Crippen molar-refractivity contribution in [3.8, 4) is 0 Å². The molecular formula is C13H16N2O4. The van der Waals surface area contributed by atoms with Gasteiger partial charge in [-0.2, -0.15) is 0 Å². The molecule has 1 unspecified atom stereocenters. The van der Waals surface area contributed by atoms with Crippen LogP contribution in [0.4, 0.5) is 11.4 Å². The Hall–Kier alpha value is -2.08. The molecule has 19 heavy (non-hydrogen) atoms. The van der Waals surface area contributed by atoms with Gasteiger partial charge in [-0.3, -0.25) is 4.79 Å². The van der Waals surface area contributed by atoms with Gasteiger partial charge in [0.15, 0.2) is 0 Å². The van der Waals surface area contributed by atoms with Gasteiger partial charge in [0.25, 0.3) is 0 Å². The number of nitrogen functional groups attached to an aromatic ring is 1. The van der Waals surface area contributed by atoms with Crippen molar-refractivity contribution in [2.45, 2.75) is 25.4 Å². The summed E-state index contributed by atoms with van der Waals surface area (Å²) in [4.78, 5) is 22.9. The largest absolute Gasteiger partial charge is 0.478 e. The molecule has 1 aliphatic heterocycles. The molecule has 6 heteroatoms. The molecule has 1 aromatic rings. The molecule has 102 valence electrons. The zero-order valence-electron chi connectivity index (χ0n) is 10.4. The minimum Gasteiger partial charge on any atom is -0.478 e. The number of carbonyl (C=O) groups excluding carboxylic acids is 1. The van der Waals surface area contributed by atoms with Crippen molar-refractivity contribution in [2.24, 2.45) is 0 Å². The van der Waals surface area contributed by atoms with Gasteiger partial charge < -0.3 is 20.9 Å². The fraction of sp³-hybridized carbons (Fsp3) is 0.385. The molecule has 4 N–H and O–H groups in total. The highest BCUT2D eigenvalue weighted by Gasteiger charge is 2.20. The summed E-state index contributed by atoms with van der Waals surface area (Å²) in [6.07, 6.45) is 1.97.